The van der Waals surface area contributed by atoms with Crippen LogP contribution in [0.5, 0.6) is 0 Å². The van der Waals surface area contributed by atoms with Crippen LogP contribution in [0, 0.1) is 0 Å². The Hall–Kier alpha value is -2.54. The molecular weight excluding hydrogens is 352 g/mol. The molecule has 0 aliphatic heterocycles. The Balaban J connectivity index is 1.40. The molecule has 136 valence electrons. The monoisotopic (exact) mass is 372 g/mol. The number of thioether (sulfide) groups is 1. The number of amides is 2. The first-order chi connectivity index (χ1) is 12.5. The van der Waals surface area contributed by atoms with E-state index in [2.05, 4.69) is 17.4 Å². The molecule has 3 rings (SSSR count). The van der Waals surface area contributed by atoms with E-state index in [1.165, 1.54) is 29.3 Å². The molecule has 0 spiro atoms. The van der Waals surface area contributed by atoms with Crippen molar-refractivity contribution in [1.29, 1.82) is 0 Å². The van der Waals surface area contributed by atoms with Crippen LogP contribution in [0.15, 0.2) is 41.4 Å². The van der Waals surface area contributed by atoms with Crippen molar-refractivity contribution in [3.8, 4) is 0 Å². The van der Waals surface area contributed by atoms with Crippen molar-refractivity contribution < 1.29 is 19.1 Å². The van der Waals surface area contributed by atoms with Crippen LogP contribution in [-0.4, -0.2) is 34.7 Å². The maximum atomic E-state index is 11.9. The minimum Gasteiger partial charge on any atom is -0.455 e. The van der Waals surface area contributed by atoms with Crippen LogP contribution in [0.2, 0.25) is 0 Å². The summed E-state index contributed by atoms with van der Waals surface area (Å²) in [6, 6.07) is 9.54. The second-order valence-electron chi connectivity index (χ2n) is 6.12. The average molecular weight is 372 g/mol. The third-order valence-corrected chi connectivity index (χ3v) is 5.19. The maximum Gasteiger partial charge on any atom is 0.316 e. The van der Waals surface area contributed by atoms with Crippen LogP contribution in [-0.2, 0) is 34.2 Å². The summed E-state index contributed by atoms with van der Waals surface area (Å²) in [5.41, 5.74) is 3.09. The van der Waals surface area contributed by atoms with Gasteiger partial charge in [0, 0.05) is 18.1 Å². The molecule has 0 atom stereocenters. The lowest BCUT2D eigenvalue weighted by molar-refractivity contribution is -0.145. The van der Waals surface area contributed by atoms with Gasteiger partial charge in [0.15, 0.2) is 6.61 Å². The van der Waals surface area contributed by atoms with E-state index in [9.17, 15) is 14.4 Å². The van der Waals surface area contributed by atoms with Gasteiger partial charge in [0.1, 0.15) is 5.69 Å². The van der Waals surface area contributed by atoms with Gasteiger partial charge in [0.25, 0.3) is 11.8 Å². The van der Waals surface area contributed by atoms with E-state index in [-0.39, 0.29) is 5.75 Å². The topological polar surface area (TPSA) is 77.4 Å². The number of hydrogen-bond acceptors (Lipinski definition) is 5. The normalized spacial score (nSPS) is 12.5. The Morgan fingerprint density at radius 1 is 1.19 bits per heavy atom. The summed E-state index contributed by atoms with van der Waals surface area (Å²) in [6.45, 7) is -0.472. The molecule has 1 aliphatic rings. The zero-order chi connectivity index (χ0) is 18.5. The molecule has 1 aromatic heterocycles. The van der Waals surface area contributed by atoms with Crippen molar-refractivity contribution in [1.82, 2.24) is 9.88 Å². The van der Waals surface area contributed by atoms with Gasteiger partial charge in [-0.15, -0.1) is 11.8 Å². The predicted octanol–water partition coefficient (Wildman–Crippen LogP) is 2.11. The van der Waals surface area contributed by atoms with Gasteiger partial charge in [0.2, 0.25) is 0 Å². The molecule has 0 saturated heterocycles. The lowest BCUT2D eigenvalue weighted by atomic mass is 10.1. The summed E-state index contributed by atoms with van der Waals surface area (Å²) >= 11 is 1.38. The number of aromatic nitrogens is 1. The summed E-state index contributed by atoms with van der Waals surface area (Å²) < 4.78 is 6.53. The lowest BCUT2D eigenvalue weighted by Gasteiger charge is -2.07. The first kappa shape index (κ1) is 18.3. The number of hydrogen-bond donors (Lipinski definition) is 1. The van der Waals surface area contributed by atoms with E-state index in [1.54, 1.807) is 29.9 Å². The van der Waals surface area contributed by atoms with E-state index in [0.29, 0.717) is 5.69 Å². The molecule has 1 aliphatic carbocycles. The molecule has 0 radical (unpaired) electrons. The second kappa shape index (κ2) is 8.23. The number of carbonyl (C=O) groups is 3. The van der Waals surface area contributed by atoms with E-state index >= 15 is 0 Å². The number of aryl methyl sites for hydroxylation is 3. The molecular formula is C19H20N2O4S. The molecule has 0 bridgehead atoms. The number of ether oxygens (including phenoxy) is 1. The molecule has 0 fully saturated rings. The van der Waals surface area contributed by atoms with Gasteiger partial charge in [-0.05, 0) is 54.7 Å². The predicted molar refractivity (Wildman–Crippen MR) is 98.0 cm³/mol. The molecule has 1 heterocycles. The second-order valence-corrected chi connectivity index (χ2v) is 7.16. The summed E-state index contributed by atoms with van der Waals surface area (Å²) in [6.07, 6.45) is 5.10. The van der Waals surface area contributed by atoms with Gasteiger partial charge in [-0.3, -0.25) is 19.7 Å². The quantitative estimate of drug-likeness (QED) is 0.621. The number of nitrogens with zero attached hydrogens (tertiary/aromatic N) is 1. The van der Waals surface area contributed by atoms with Crippen molar-refractivity contribution in [3.63, 3.8) is 0 Å². The molecule has 2 amide bonds. The fourth-order valence-corrected chi connectivity index (χ4v) is 3.65. The lowest BCUT2D eigenvalue weighted by Crippen LogP contribution is -2.35. The smallest absolute Gasteiger partial charge is 0.316 e. The first-order valence-corrected chi connectivity index (χ1v) is 9.37. The highest BCUT2D eigenvalue weighted by Gasteiger charge is 2.15. The minimum absolute atomic E-state index is 0.123. The highest BCUT2D eigenvalue weighted by molar-refractivity contribution is 8.00. The van der Waals surface area contributed by atoms with E-state index in [0.717, 1.165) is 17.7 Å². The van der Waals surface area contributed by atoms with Crippen LogP contribution in [0.3, 0.4) is 0 Å². The number of esters is 1. The molecule has 26 heavy (non-hydrogen) atoms. The van der Waals surface area contributed by atoms with Crippen molar-refractivity contribution in [3.05, 3.63) is 53.3 Å². The Morgan fingerprint density at radius 2 is 2.00 bits per heavy atom. The Bertz CT molecular complexity index is 844. The highest BCUT2D eigenvalue weighted by Crippen LogP contribution is 2.27. The van der Waals surface area contributed by atoms with Gasteiger partial charge in [-0.25, -0.2) is 0 Å². The Morgan fingerprint density at radius 3 is 2.77 bits per heavy atom. The first-order valence-electron chi connectivity index (χ1n) is 8.38. The van der Waals surface area contributed by atoms with Gasteiger partial charge in [0.05, 0.1) is 5.75 Å². The number of rotatable bonds is 6. The van der Waals surface area contributed by atoms with E-state index in [1.807, 2.05) is 6.07 Å². The molecule has 1 N–H and O–H groups in total. The molecule has 0 saturated carbocycles. The zero-order valence-electron chi connectivity index (χ0n) is 14.5. The number of carbonyl (C=O) groups excluding carboxylic acids is 3. The third-order valence-electron chi connectivity index (χ3n) is 4.22. The van der Waals surface area contributed by atoms with Gasteiger partial charge < -0.3 is 9.30 Å². The van der Waals surface area contributed by atoms with Crippen molar-refractivity contribution in [2.75, 3.05) is 12.4 Å². The zero-order valence-corrected chi connectivity index (χ0v) is 15.3. The fourth-order valence-electron chi connectivity index (χ4n) is 2.89. The minimum atomic E-state index is -0.646. The highest BCUT2D eigenvalue weighted by atomic mass is 32.2. The summed E-state index contributed by atoms with van der Waals surface area (Å²) in [7, 11) is 1.70. The largest absolute Gasteiger partial charge is 0.455 e. The molecule has 7 heteroatoms. The molecule has 6 nitrogen and oxygen atoms in total. The van der Waals surface area contributed by atoms with Crippen LogP contribution >= 0.6 is 11.8 Å². The number of nitrogens with one attached hydrogen (secondary N) is 1. The average Bonchev–Trinajstić information content (AvgIpc) is 3.26. The van der Waals surface area contributed by atoms with Crippen molar-refractivity contribution >= 4 is 29.5 Å². The fraction of sp³-hybridized carbons (Fsp3) is 0.316. The Labute approximate surface area is 155 Å². The number of fused-ring (bicyclic) bond motifs is 1. The SMILES string of the molecule is Cn1cccc1C(=O)NC(=O)COC(=O)CSc1ccc2c(c1)CCC2. The standard InChI is InChI=1S/C19H20N2O4S/c1-21-9-3-6-16(21)19(24)20-17(22)11-25-18(23)12-26-15-8-7-13-4-2-5-14(13)10-15/h3,6-10H,2,4-5,11-12H2,1H3,(H,20,22,24). The summed E-state index contributed by atoms with van der Waals surface area (Å²) in [5.74, 6) is -1.53. The van der Waals surface area contributed by atoms with Crippen LogP contribution in [0.4, 0.5) is 0 Å². The van der Waals surface area contributed by atoms with Gasteiger partial charge >= 0.3 is 5.97 Å². The Kier molecular flexibility index (Phi) is 5.78. The molecule has 2 aromatic rings. The molecule has 0 unspecified atom stereocenters. The van der Waals surface area contributed by atoms with E-state index < -0.39 is 24.4 Å². The maximum absolute atomic E-state index is 11.9. The van der Waals surface area contributed by atoms with Crippen molar-refractivity contribution in [2.45, 2.75) is 24.2 Å². The van der Waals surface area contributed by atoms with Crippen LogP contribution < -0.4 is 5.32 Å². The number of benzene rings is 1. The van der Waals surface area contributed by atoms with Crippen molar-refractivity contribution in [2.24, 2.45) is 7.05 Å². The van der Waals surface area contributed by atoms with Gasteiger partial charge in [-0.1, -0.05) is 6.07 Å². The van der Waals surface area contributed by atoms with Gasteiger partial charge in [-0.2, -0.15) is 0 Å². The summed E-state index contributed by atoms with van der Waals surface area (Å²) in [5, 5.41) is 2.20. The number of imide groups is 1. The van der Waals surface area contributed by atoms with Crippen LogP contribution in [0.25, 0.3) is 0 Å². The van der Waals surface area contributed by atoms with E-state index in [4.69, 9.17) is 4.74 Å². The summed E-state index contributed by atoms with van der Waals surface area (Å²) in [4.78, 5) is 36.5. The van der Waals surface area contributed by atoms with Crippen LogP contribution in [0.1, 0.15) is 28.0 Å². The third kappa shape index (κ3) is 4.54. The molecule has 1 aromatic carbocycles.